The van der Waals surface area contributed by atoms with E-state index in [2.05, 4.69) is 5.32 Å². The lowest BCUT2D eigenvalue weighted by Gasteiger charge is -2.31. The molecule has 0 spiro atoms. The number of halogens is 3. The van der Waals surface area contributed by atoms with Crippen LogP contribution in [0.4, 0.5) is 23.7 Å². The monoisotopic (exact) mass is 274 g/mol. The highest BCUT2D eigenvalue weighted by Gasteiger charge is 2.34. The molecule has 2 rings (SSSR count). The van der Waals surface area contributed by atoms with E-state index in [1.807, 2.05) is 0 Å². The molecule has 1 aliphatic rings. The van der Waals surface area contributed by atoms with Gasteiger partial charge in [-0.1, -0.05) is 12.1 Å². The standard InChI is InChI=1S/C12H13F3N2O2/c13-12(14,15)9-3-1-2-4-10(9)17-11(18)19-8-5-7(16)6-8/h1-4,7-8H,5-6,16H2,(H,17,18). The van der Waals surface area contributed by atoms with Crippen LogP contribution in [0.1, 0.15) is 18.4 Å². The second-order valence-corrected chi connectivity index (χ2v) is 4.43. The molecule has 0 unspecified atom stereocenters. The number of amides is 1. The van der Waals surface area contributed by atoms with Gasteiger partial charge in [-0.2, -0.15) is 13.2 Å². The molecule has 1 amide bonds. The summed E-state index contributed by atoms with van der Waals surface area (Å²) >= 11 is 0. The molecule has 0 bridgehead atoms. The van der Waals surface area contributed by atoms with E-state index < -0.39 is 17.8 Å². The lowest BCUT2D eigenvalue weighted by molar-refractivity contribution is -0.136. The molecule has 1 aliphatic carbocycles. The number of nitrogens with one attached hydrogen (secondary N) is 1. The van der Waals surface area contributed by atoms with E-state index in [0.717, 1.165) is 6.07 Å². The molecule has 1 saturated carbocycles. The SMILES string of the molecule is NC1CC(OC(=O)Nc2ccccc2C(F)(F)F)C1. The topological polar surface area (TPSA) is 64.3 Å². The fourth-order valence-corrected chi connectivity index (χ4v) is 1.83. The molecule has 19 heavy (non-hydrogen) atoms. The molecule has 7 heteroatoms. The normalized spacial score (nSPS) is 22.5. The van der Waals surface area contributed by atoms with Crippen molar-refractivity contribution in [2.45, 2.75) is 31.2 Å². The zero-order chi connectivity index (χ0) is 14.0. The number of nitrogens with two attached hydrogens (primary N) is 1. The Balaban J connectivity index is 2.01. The van der Waals surface area contributed by atoms with Crippen LogP contribution in [0.2, 0.25) is 0 Å². The van der Waals surface area contributed by atoms with Crippen LogP contribution < -0.4 is 11.1 Å². The smallest absolute Gasteiger partial charge is 0.418 e. The summed E-state index contributed by atoms with van der Waals surface area (Å²) in [6.45, 7) is 0. The van der Waals surface area contributed by atoms with E-state index >= 15 is 0 Å². The van der Waals surface area contributed by atoms with Gasteiger partial charge in [0, 0.05) is 6.04 Å². The first-order chi connectivity index (χ1) is 8.86. The number of hydrogen-bond donors (Lipinski definition) is 2. The molecule has 3 N–H and O–H groups in total. The minimum atomic E-state index is -4.53. The quantitative estimate of drug-likeness (QED) is 0.871. The fourth-order valence-electron chi connectivity index (χ4n) is 1.83. The van der Waals surface area contributed by atoms with Crippen LogP contribution in [0.25, 0.3) is 0 Å². The zero-order valence-electron chi connectivity index (χ0n) is 9.91. The Morgan fingerprint density at radius 2 is 1.95 bits per heavy atom. The van der Waals surface area contributed by atoms with Gasteiger partial charge in [-0.15, -0.1) is 0 Å². The summed E-state index contributed by atoms with van der Waals surface area (Å²) in [5.41, 5.74) is 4.30. The summed E-state index contributed by atoms with van der Waals surface area (Å²) in [7, 11) is 0. The maximum Gasteiger partial charge on any atom is 0.418 e. The summed E-state index contributed by atoms with van der Waals surface area (Å²) in [6.07, 6.45) is -4.66. The van der Waals surface area contributed by atoms with Crippen molar-refractivity contribution in [2.24, 2.45) is 5.73 Å². The summed E-state index contributed by atoms with van der Waals surface area (Å²) in [4.78, 5) is 11.5. The highest BCUT2D eigenvalue weighted by molar-refractivity contribution is 5.86. The van der Waals surface area contributed by atoms with Crippen LogP contribution in [-0.2, 0) is 10.9 Å². The molecule has 4 nitrogen and oxygen atoms in total. The molecule has 1 aromatic carbocycles. The van der Waals surface area contributed by atoms with Gasteiger partial charge < -0.3 is 10.5 Å². The van der Waals surface area contributed by atoms with Crippen molar-refractivity contribution >= 4 is 11.8 Å². The average molecular weight is 274 g/mol. The lowest BCUT2D eigenvalue weighted by Crippen LogP contribution is -2.43. The summed E-state index contributed by atoms with van der Waals surface area (Å²) < 4.78 is 43.0. The third-order valence-corrected chi connectivity index (χ3v) is 2.87. The maximum atomic E-state index is 12.7. The van der Waals surface area contributed by atoms with E-state index in [1.165, 1.54) is 18.2 Å². The maximum absolute atomic E-state index is 12.7. The van der Waals surface area contributed by atoms with Crippen molar-refractivity contribution in [1.29, 1.82) is 0 Å². The number of carbonyl (C=O) groups excluding carboxylic acids is 1. The van der Waals surface area contributed by atoms with Gasteiger partial charge in [0.15, 0.2) is 0 Å². The third-order valence-electron chi connectivity index (χ3n) is 2.87. The lowest BCUT2D eigenvalue weighted by atomic mass is 9.90. The van der Waals surface area contributed by atoms with Crippen molar-refractivity contribution in [2.75, 3.05) is 5.32 Å². The largest absolute Gasteiger partial charge is 0.446 e. The first-order valence-corrected chi connectivity index (χ1v) is 5.75. The molecule has 1 aromatic rings. The molecule has 0 aromatic heterocycles. The molecular formula is C12H13F3N2O2. The van der Waals surface area contributed by atoms with Gasteiger partial charge in [0.05, 0.1) is 11.3 Å². The van der Waals surface area contributed by atoms with Crippen LogP contribution in [0.15, 0.2) is 24.3 Å². The predicted octanol–water partition coefficient (Wildman–Crippen LogP) is 2.74. The van der Waals surface area contributed by atoms with Crippen molar-refractivity contribution in [3.05, 3.63) is 29.8 Å². The molecule has 0 atom stereocenters. The van der Waals surface area contributed by atoms with Crippen LogP contribution in [0, 0.1) is 0 Å². The van der Waals surface area contributed by atoms with Gasteiger partial charge in [-0.25, -0.2) is 4.79 Å². The van der Waals surface area contributed by atoms with Gasteiger partial charge in [-0.05, 0) is 25.0 Å². The van der Waals surface area contributed by atoms with Crippen LogP contribution >= 0.6 is 0 Å². The highest BCUT2D eigenvalue weighted by atomic mass is 19.4. The Hall–Kier alpha value is -1.76. The molecule has 0 radical (unpaired) electrons. The van der Waals surface area contributed by atoms with Crippen LogP contribution in [-0.4, -0.2) is 18.2 Å². The van der Waals surface area contributed by atoms with Crippen molar-refractivity contribution in [1.82, 2.24) is 0 Å². The minimum Gasteiger partial charge on any atom is -0.446 e. The number of hydrogen-bond acceptors (Lipinski definition) is 3. The Morgan fingerprint density at radius 3 is 2.53 bits per heavy atom. The van der Waals surface area contributed by atoms with E-state index in [1.54, 1.807) is 0 Å². The average Bonchev–Trinajstić information content (AvgIpc) is 2.26. The first-order valence-electron chi connectivity index (χ1n) is 5.75. The highest BCUT2D eigenvalue weighted by Crippen LogP contribution is 2.34. The number of ether oxygens (including phenoxy) is 1. The number of carbonyl (C=O) groups is 1. The Labute approximate surface area is 107 Å². The van der Waals surface area contributed by atoms with Crippen LogP contribution in [0.5, 0.6) is 0 Å². The van der Waals surface area contributed by atoms with Crippen molar-refractivity contribution in [3.8, 4) is 0 Å². The molecule has 0 saturated heterocycles. The molecule has 104 valence electrons. The summed E-state index contributed by atoms with van der Waals surface area (Å²) in [5.74, 6) is 0. The van der Waals surface area contributed by atoms with Gasteiger partial charge in [0.1, 0.15) is 6.10 Å². The number of rotatable bonds is 2. The second-order valence-electron chi connectivity index (χ2n) is 4.43. The molecular weight excluding hydrogens is 261 g/mol. The van der Waals surface area contributed by atoms with E-state index in [0.29, 0.717) is 12.8 Å². The van der Waals surface area contributed by atoms with Gasteiger partial charge >= 0.3 is 12.3 Å². The third kappa shape index (κ3) is 3.37. The van der Waals surface area contributed by atoms with Crippen molar-refractivity contribution in [3.63, 3.8) is 0 Å². The Kier molecular flexibility index (Phi) is 3.66. The van der Waals surface area contributed by atoms with Crippen LogP contribution in [0.3, 0.4) is 0 Å². The summed E-state index contributed by atoms with van der Waals surface area (Å²) in [6, 6.07) is 4.74. The van der Waals surface area contributed by atoms with Gasteiger partial charge in [-0.3, -0.25) is 5.32 Å². The van der Waals surface area contributed by atoms with E-state index in [4.69, 9.17) is 10.5 Å². The predicted molar refractivity (Wildman–Crippen MR) is 62.5 cm³/mol. The number of benzene rings is 1. The van der Waals surface area contributed by atoms with Crippen molar-refractivity contribution < 1.29 is 22.7 Å². The van der Waals surface area contributed by atoms with E-state index in [-0.39, 0.29) is 17.8 Å². The zero-order valence-corrected chi connectivity index (χ0v) is 9.91. The Bertz CT molecular complexity index is 470. The number of para-hydroxylation sites is 1. The summed E-state index contributed by atoms with van der Waals surface area (Å²) in [5, 5.41) is 2.11. The molecule has 0 heterocycles. The Morgan fingerprint density at radius 1 is 1.32 bits per heavy atom. The van der Waals surface area contributed by atoms with E-state index in [9.17, 15) is 18.0 Å². The second kappa shape index (κ2) is 5.08. The minimum absolute atomic E-state index is 0.000242. The fraction of sp³-hybridized carbons (Fsp3) is 0.417. The van der Waals surface area contributed by atoms with Gasteiger partial charge in [0.25, 0.3) is 0 Å². The number of alkyl halides is 3. The first kappa shape index (κ1) is 13.7. The number of anilines is 1. The molecule has 0 aliphatic heterocycles. The molecule has 1 fully saturated rings. The van der Waals surface area contributed by atoms with Gasteiger partial charge in [0.2, 0.25) is 0 Å².